The summed E-state index contributed by atoms with van der Waals surface area (Å²) in [5.41, 5.74) is 1.39. The van der Waals surface area contributed by atoms with Crippen LogP contribution < -0.4 is 9.64 Å². The van der Waals surface area contributed by atoms with Gasteiger partial charge in [0.05, 0.1) is 19.1 Å². The van der Waals surface area contributed by atoms with Crippen LogP contribution in [0.2, 0.25) is 0 Å². The van der Waals surface area contributed by atoms with Gasteiger partial charge in [0.1, 0.15) is 11.8 Å². The van der Waals surface area contributed by atoms with E-state index in [9.17, 15) is 9.90 Å². The Labute approximate surface area is 140 Å². The standard InChI is InChI=1S/C19H19NO4/c1-12-16-17(19(22,24-12)13-6-4-3-5-7-13)20(18(16)21)14-8-10-15(23-2)11-9-14/h3-12,16-17,22H,1-2H3/t12?,16-,17-,19?/m1/s1. The summed E-state index contributed by atoms with van der Waals surface area (Å²) < 4.78 is 11.0. The van der Waals surface area contributed by atoms with Gasteiger partial charge in [-0.1, -0.05) is 30.3 Å². The van der Waals surface area contributed by atoms with Gasteiger partial charge in [0.2, 0.25) is 11.7 Å². The second-order valence-corrected chi connectivity index (χ2v) is 6.26. The molecule has 1 N–H and O–H groups in total. The van der Waals surface area contributed by atoms with Crippen molar-refractivity contribution in [2.45, 2.75) is 24.9 Å². The molecule has 2 aliphatic rings. The maximum Gasteiger partial charge on any atom is 0.235 e. The monoisotopic (exact) mass is 325 g/mol. The van der Waals surface area contributed by atoms with Gasteiger partial charge in [-0.3, -0.25) is 4.79 Å². The molecule has 5 heteroatoms. The maximum absolute atomic E-state index is 12.6. The van der Waals surface area contributed by atoms with Crippen molar-refractivity contribution in [2.24, 2.45) is 5.92 Å². The third kappa shape index (κ3) is 1.98. The quantitative estimate of drug-likeness (QED) is 0.880. The van der Waals surface area contributed by atoms with Crippen LogP contribution in [0.25, 0.3) is 0 Å². The van der Waals surface area contributed by atoms with Crippen LogP contribution in [0, 0.1) is 5.92 Å². The number of methoxy groups -OCH3 is 1. The molecule has 0 radical (unpaired) electrons. The summed E-state index contributed by atoms with van der Waals surface area (Å²) in [5.74, 6) is -1.14. The van der Waals surface area contributed by atoms with Crippen LogP contribution in [0.4, 0.5) is 5.69 Å². The van der Waals surface area contributed by atoms with Gasteiger partial charge in [0.25, 0.3) is 0 Å². The van der Waals surface area contributed by atoms with Crippen molar-refractivity contribution in [1.82, 2.24) is 0 Å². The van der Waals surface area contributed by atoms with Crippen LogP contribution in [0.5, 0.6) is 5.75 Å². The number of anilines is 1. The summed E-state index contributed by atoms with van der Waals surface area (Å²) in [6, 6.07) is 16.1. The van der Waals surface area contributed by atoms with E-state index in [1.807, 2.05) is 49.4 Å². The number of benzene rings is 2. The van der Waals surface area contributed by atoms with Crippen LogP contribution in [0.15, 0.2) is 54.6 Å². The summed E-state index contributed by atoms with van der Waals surface area (Å²) >= 11 is 0. The van der Waals surface area contributed by atoms with E-state index < -0.39 is 11.8 Å². The van der Waals surface area contributed by atoms with Crippen LogP contribution in [0.1, 0.15) is 12.5 Å². The lowest BCUT2D eigenvalue weighted by molar-refractivity contribution is -0.204. The molecule has 124 valence electrons. The Kier molecular flexibility index (Phi) is 3.37. The predicted molar refractivity (Wildman–Crippen MR) is 88.6 cm³/mol. The Bertz CT molecular complexity index is 761. The Hall–Kier alpha value is -2.37. The number of nitrogens with zero attached hydrogens (tertiary/aromatic N) is 1. The largest absolute Gasteiger partial charge is 0.497 e. The molecule has 2 aromatic rings. The normalized spacial score (nSPS) is 31.5. The molecule has 0 aromatic heterocycles. The molecule has 2 saturated heterocycles. The fourth-order valence-electron chi connectivity index (χ4n) is 3.76. The highest BCUT2D eigenvalue weighted by atomic mass is 16.6. The van der Waals surface area contributed by atoms with E-state index in [4.69, 9.17) is 9.47 Å². The highest BCUT2D eigenvalue weighted by molar-refractivity contribution is 6.04. The number of fused-ring (bicyclic) bond motifs is 1. The van der Waals surface area contributed by atoms with Crippen molar-refractivity contribution >= 4 is 11.6 Å². The second kappa shape index (κ2) is 5.33. The van der Waals surface area contributed by atoms with E-state index in [0.29, 0.717) is 5.56 Å². The van der Waals surface area contributed by atoms with E-state index in [0.717, 1.165) is 11.4 Å². The molecular formula is C19H19NO4. The Balaban J connectivity index is 1.73. The topological polar surface area (TPSA) is 59.0 Å². The predicted octanol–water partition coefficient (Wildman–Crippen LogP) is 2.29. The third-order valence-corrected chi connectivity index (χ3v) is 4.95. The van der Waals surface area contributed by atoms with Gasteiger partial charge in [0.15, 0.2) is 0 Å². The minimum atomic E-state index is -1.50. The molecule has 1 amide bonds. The lowest BCUT2D eigenvalue weighted by Gasteiger charge is -2.47. The average Bonchev–Trinajstić information content (AvgIpc) is 2.84. The van der Waals surface area contributed by atoms with Crippen LogP contribution in [-0.2, 0) is 15.3 Å². The second-order valence-electron chi connectivity index (χ2n) is 6.26. The zero-order valence-electron chi connectivity index (χ0n) is 13.5. The number of amides is 1. The van der Waals surface area contributed by atoms with Gasteiger partial charge in [-0.25, -0.2) is 0 Å². The van der Waals surface area contributed by atoms with E-state index in [1.165, 1.54) is 0 Å². The van der Waals surface area contributed by atoms with Crippen molar-refractivity contribution in [3.05, 3.63) is 60.2 Å². The highest BCUT2D eigenvalue weighted by Gasteiger charge is 2.67. The van der Waals surface area contributed by atoms with Gasteiger partial charge >= 0.3 is 0 Å². The first kappa shape index (κ1) is 15.2. The molecule has 0 saturated carbocycles. The van der Waals surface area contributed by atoms with E-state index in [-0.39, 0.29) is 17.9 Å². The summed E-state index contributed by atoms with van der Waals surface area (Å²) in [5, 5.41) is 11.2. The molecule has 5 nitrogen and oxygen atoms in total. The lowest BCUT2D eigenvalue weighted by atomic mass is 9.79. The molecule has 0 spiro atoms. The summed E-state index contributed by atoms with van der Waals surface area (Å²) in [4.78, 5) is 14.3. The number of ether oxygens (including phenoxy) is 2. The number of carbonyl (C=O) groups is 1. The molecule has 2 unspecified atom stereocenters. The third-order valence-electron chi connectivity index (χ3n) is 4.95. The minimum Gasteiger partial charge on any atom is -0.497 e. The summed E-state index contributed by atoms with van der Waals surface area (Å²) in [6.07, 6.45) is -0.331. The molecule has 2 aromatic carbocycles. The van der Waals surface area contributed by atoms with Crippen LogP contribution in [-0.4, -0.2) is 30.3 Å². The van der Waals surface area contributed by atoms with E-state index in [2.05, 4.69) is 0 Å². The van der Waals surface area contributed by atoms with E-state index >= 15 is 0 Å². The summed E-state index contributed by atoms with van der Waals surface area (Å²) in [6.45, 7) is 1.84. The number of hydrogen-bond acceptors (Lipinski definition) is 4. The van der Waals surface area contributed by atoms with Crippen LogP contribution >= 0.6 is 0 Å². The Morgan fingerprint density at radius 2 is 1.79 bits per heavy atom. The first-order valence-electron chi connectivity index (χ1n) is 7.99. The first-order valence-corrected chi connectivity index (χ1v) is 7.99. The Morgan fingerprint density at radius 1 is 1.12 bits per heavy atom. The molecule has 0 bridgehead atoms. The van der Waals surface area contributed by atoms with E-state index in [1.54, 1.807) is 24.1 Å². The highest BCUT2D eigenvalue weighted by Crippen LogP contribution is 2.51. The lowest BCUT2D eigenvalue weighted by Crippen LogP contribution is -2.66. The molecule has 2 aliphatic heterocycles. The number of rotatable bonds is 3. The van der Waals surface area contributed by atoms with Crippen molar-refractivity contribution in [2.75, 3.05) is 12.0 Å². The fraction of sp³-hybridized carbons (Fsp3) is 0.316. The maximum atomic E-state index is 12.6. The van der Waals surface area contributed by atoms with Crippen molar-refractivity contribution < 1.29 is 19.4 Å². The number of carbonyl (C=O) groups excluding carboxylic acids is 1. The average molecular weight is 325 g/mol. The summed E-state index contributed by atoms with van der Waals surface area (Å²) in [7, 11) is 1.60. The Morgan fingerprint density at radius 3 is 2.42 bits per heavy atom. The zero-order valence-corrected chi connectivity index (χ0v) is 13.5. The zero-order chi connectivity index (χ0) is 16.9. The molecule has 0 aliphatic carbocycles. The molecule has 2 heterocycles. The van der Waals surface area contributed by atoms with Gasteiger partial charge in [-0.05, 0) is 31.2 Å². The molecule has 4 atom stereocenters. The SMILES string of the molecule is COc1ccc(N2C(=O)[C@@H]3C(C)OC(O)(c4ccccc4)[C@@H]32)cc1. The smallest absolute Gasteiger partial charge is 0.235 e. The molecular weight excluding hydrogens is 306 g/mol. The van der Waals surface area contributed by atoms with Crippen molar-refractivity contribution in [3.8, 4) is 5.75 Å². The minimum absolute atomic E-state index is 0.0236. The number of hydrogen-bond donors (Lipinski definition) is 1. The van der Waals surface area contributed by atoms with Gasteiger partial charge in [0, 0.05) is 11.3 Å². The molecule has 2 fully saturated rings. The molecule has 24 heavy (non-hydrogen) atoms. The number of β-lactam (4-membered cyclic amide) rings is 1. The van der Waals surface area contributed by atoms with Gasteiger partial charge < -0.3 is 19.5 Å². The first-order chi connectivity index (χ1) is 11.6. The fourth-order valence-corrected chi connectivity index (χ4v) is 3.76. The van der Waals surface area contributed by atoms with Gasteiger partial charge in [-0.15, -0.1) is 0 Å². The number of aliphatic hydroxyl groups is 1. The van der Waals surface area contributed by atoms with Crippen molar-refractivity contribution in [3.63, 3.8) is 0 Å². The van der Waals surface area contributed by atoms with Crippen LogP contribution in [0.3, 0.4) is 0 Å². The van der Waals surface area contributed by atoms with Crippen molar-refractivity contribution in [1.29, 1.82) is 0 Å². The van der Waals surface area contributed by atoms with Gasteiger partial charge in [-0.2, -0.15) is 0 Å². The molecule has 4 rings (SSSR count).